The summed E-state index contributed by atoms with van der Waals surface area (Å²) in [6.07, 6.45) is 10.9. The van der Waals surface area contributed by atoms with E-state index >= 15 is 0 Å². The molecule has 0 fully saturated rings. The maximum atomic E-state index is 13.5. The molecule has 0 radical (unpaired) electrons. The molecule has 43 heavy (non-hydrogen) atoms. The van der Waals surface area contributed by atoms with Gasteiger partial charge in [0.1, 0.15) is 11.2 Å². The van der Waals surface area contributed by atoms with E-state index in [4.69, 9.17) is 4.74 Å². The van der Waals surface area contributed by atoms with Crippen LogP contribution in [0.25, 0.3) is 0 Å². The Balaban J connectivity index is 2.16. The minimum Gasteiger partial charge on any atom is -0.504 e. The summed E-state index contributed by atoms with van der Waals surface area (Å²) < 4.78 is 6.01. The number of ether oxygens (including phenoxy) is 1. The molecular weight excluding hydrogens is 548 g/mol. The van der Waals surface area contributed by atoms with Crippen LogP contribution in [0, 0.1) is 0 Å². The Labute approximate surface area is 255 Å². The molecule has 1 aliphatic rings. The van der Waals surface area contributed by atoms with Crippen LogP contribution in [0.4, 0.5) is 0 Å². The topological polar surface area (TPSA) is 145 Å². The molecular formula is C35H50O8. The first-order chi connectivity index (χ1) is 20.7. The number of fused-ring (bicyclic) bond motifs is 1. The van der Waals surface area contributed by atoms with Crippen LogP contribution in [0.3, 0.4) is 0 Å². The van der Waals surface area contributed by atoms with Gasteiger partial charge in [-0.05, 0) is 66.1 Å². The van der Waals surface area contributed by atoms with E-state index in [2.05, 4.69) is 13.8 Å². The molecule has 1 aliphatic heterocycles. The Morgan fingerprint density at radius 3 is 2.07 bits per heavy atom. The molecule has 0 unspecified atom stereocenters. The summed E-state index contributed by atoms with van der Waals surface area (Å²) in [5.74, 6) is -3.63. The summed E-state index contributed by atoms with van der Waals surface area (Å²) in [7, 11) is 0. The lowest BCUT2D eigenvalue weighted by Gasteiger charge is -2.38. The fourth-order valence-corrected chi connectivity index (χ4v) is 6.43. The van der Waals surface area contributed by atoms with Gasteiger partial charge in [-0.3, -0.25) is 9.59 Å². The monoisotopic (exact) mass is 598 g/mol. The predicted molar refractivity (Wildman–Crippen MR) is 166 cm³/mol. The maximum absolute atomic E-state index is 13.5. The van der Waals surface area contributed by atoms with Crippen LogP contribution >= 0.6 is 0 Å². The van der Waals surface area contributed by atoms with Gasteiger partial charge < -0.3 is 30.3 Å². The molecule has 8 heteroatoms. The summed E-state index contributed by atoms with van der Waals surface area (Å²) in [6, 6.07) is 7.20. The van der Waals surface area contributed by atoms with Crippen LogP contribution in [0.15, 0.2) is 30.3 Å². The van der Waals surface area contributed by atoms with Gasteiger partial charge in [-0.2, -0.15) is 0 Å². The van der Waals surface area contributed by atoms with Crippen molar-refractivity contribution in [2.45, 2.75) is 128 Å². The van der Waals surface area contributed by atoms with Crippen LogP contribution in [0.2, 0.25) is 0 Å². The van der Waals surface area contributed by atoms with Crippen molar-refractivity contribution in [1.29, 1.82) is 0 Å². The molecule has 5 N–H and O–H groups in total. The van der Waals surface area contributed by atoms with Gasteiger partial charge in [0.2, 0.25) is 0 Å². The Morgan fingerprint density at radius 1 is 0.837 bits per heavy atom. The van der Waals surface area contributed by atoms with E-state index < -0.39 is 40.9 Å². The Kier molecular flexibility index (Phi) is 13.2. The summed E-state index contributed by atoms with van der Waals surface area (Å²) in [5, 5.41) is 53.7. The number of carbonyl (C=O) groups is 2. The molecule has 3 atom stereocenters. The van der Waals surface area contributed by atoms with Crippen LogP contribution < -0.4 is 4.74 Å². The third-order valence-electron chi connectivity index (χ3n) is 8.88. The third kappa shape index (κ3) is 8.22. The third-order valence-corrected chi connectivity index (χ3v) is 8.88. The van der Waals surface area contributed by atoms with Gasteiger partial charge in [0.05, 0.1) is 18.6 Å². The van der Waals surface area contributed by atoms with Crippen molar-refractivity contribution in [3.63, 3.8) is 0 Å². The number of aliphatic carboxylic acids is 2. The molecule has 0 spiro atoms. The summed E-state index contributed by atoms with van der Waals surface area (Å²) >= 11 is 0. The first-order valence-electron chi connectivity index (χ1n) is 16.1. The minimum atomic E-state index is -2.03. The highest BCUT2D eigenvalue weighted by Crippen LogP contribution is 2.47. The second-order valence-corrected chi connectivity index (χ2v) is 12.0. The Morgan fingerprint density at radius 2 is 1.47 bits per heavy atom. The van der Waals surface area contributed by atoms with E-state index in [0.29, 0.717) is 49.2 Å². The van der Waals surface area contributed by atoms with E-state index in [1.807, 2.05) is 0 Å². The van der Waals surface area contributed by atoms with Gasteiger partial charge in [-0.1, -0.05) is 96.6 Å². The number of hydrogen-bond acceptors (Lipinski definition) is 6. The van der Waals surface area contributed by atoms with E-state index in [1.165, 1.54) is 18.2 Å². The minimum absolute atomic E-state index is 0.115. The lowest BCUT2D eigenvalue weighted by molar-refractivity contribution is -0.146. The molecule has 238 valence electrons. The van der Waals surface area contributed by atoms with Crippen molar-refractivity contribution < 1.29 is 39.9 Å². The number of aliphatic hydroxyl groups excluding tert-OH is 1. The molecule has 2 aromatic carbocycles. The molecule has 0 saturated carbocycles. The molecule has 1 heterocycles. The van der Waals surface area contributed by atoms with Gasteiger partial charge in [0.15, 0.2) is 11.5 Å². The van der Waals surface area contributed by atoms with E-state index in [-0.39, 0.29) is 17.5 Å². The van der Waals surface area contributed by atoms with Gasteiger partial charge in [0, 0.05) is 0 Å². The second kappa shape index (κ2) is 16.6. The highest BCUT2D eigenvalue weighted by atomic mass is 16.5. The molecule has 0 bridgehead atoms. The zero-order valence-corrected chi connectivity index (χ0v) is 25.8. The van der Waals surface area contributed by atoms with Crippen molar-refractivity contribution in [3.8, 4) is 17.2 Å². The van der Waals surface area contributed by atoms with Crippen molar-refractivity contribution in [3.05, 3.63) is 52.6 Å². The number of unbranched alkanes of at least 4 members (excludes halogenated alkanes) is 9. The maximum Gasteiger partial charge on any atom is 0.321 e. The van der Waals surface area contributed by atoms with Crippen LogP contribution in [0.5, 0.6) is 17.2 Å². The zero-order chi connectivity index (χ0) is 31.4. The number of hydrogen-bond donors (Lipinski definition) is 5. The number of aromatic hydroxyl groups is 2. The Hall–Kier alpha value is -3.26. The first-order valence-corrected chi connectivity index (χ1v) is 16.1. The molecule has 0 aromatic heterocycles. The van der Waals surface area contributed by atoms with Crippen molar-refractivity contribution in [2.24, 2.45) is 0 Å². The zero-order valence-electron chi connectivity index (χ0n) is 25.8. The average Bonchev–Trinajstić information content (AvgIpc) is 2.98. The number of carboxylic acids is 2. The standard InChI is InChI=1S/C35H50O8/c1-3-5-7-9-11-12-15-26(33(39)40)24-21-28(27-16-14-20-43-31(27)22-24)35(34(41)42,25-18-19-29(36)30(37)23-25)32(38)17-13-10-8-6-4-2/h18-19,21-23,26,32,36-38H,3-17,20H2,1-2H3,(H,39,40)(H,41,42)/t26-,32-,35-/m0/s1. The molecule has 8 nitrogen and oxygen atoms in total. The smallest absolute Gasteiger partial charge is 0.321 e. The van der Waals surface area contributed by atoms with Crippen LogP contribution in [-0.4, -0.2) is 50.2 Å². The first kappa shape index (κ1) is 34.2. The fourth-order valence-electron chi connectivity index (χ4n) is 6.43. The summed E-state index contributed by atoms with van der Waals surface area (Å²) in [6.45, 7) is 4.68. The summed E-state index contributed by atoms with van der Waals surface area (Å²) in [5.41, 5.74) is -0.560. The average molecular weight is 599 g/mol. The SMILES string of the molecule is CCCCCCCC[C@H](C(=O)O)c1cc2c(c([C@@](C(=O)O)(c3ccc(O)c(O)c3)[C@@H](O)CCCCCCC)c1)CCCO2. The number of phenolic OH excluding ortho intramolecular Hbond substituents is 2. The highest BCUT2D eigenvalue weighted by Gasteiger charge is 2.51. The number of benzene rings is 2. The normalized spacial score (nSPS) is 15.6. The summed E-state index contributed by atoms with van der Waals surface area (Å²) in [4.78, 5) is 26.1. The Bertz CT molecular complexity index is 1210. The van der Waals surface area contributed by atoms with E-state index in [1.54, 1.807) is 12.1 Å². The lowest BCUT2D eigenvalue weighted by Crippen LogP contribution is -2.49. The second-order valence-electron chi connectivity index (χ2n) is 12.0. The van der Waals surface area contributed by atoms with E-state index in [0.717, 1.165) is 64.2 Å². The molecule has 0 saturated heterocycles. The van der Waals surface area contributed by atoms with Gasteiger partial charge in [-0.15, -0.1) is 0 Å². The molecule has 0 amide bonds. The number of carboxylic acid groups (broad SMARTS) is 2. The van der Waals surface area contributed by atoms with Gasteiger partial charge in [0.25, 0.3) is 0 Å². The van der Waals surface area contributed by atoms with Crippen LogP contribution in [0.1, 0.15) is 132 Å². The molecule has 3 rings (SSSR count). The predicted octanol–water partition coefficient (Wildman–Crippen LogP) is 7.43. The highest BCUT2D eigenvalue weighted by molar-refractivity contribution is 5.89. The number of aliphatic hydroxyl groups is 1. The molecule has 2 aromatic rings. The van der Waals surface area contributed by atoms with Gasteiger partial charge >= 0.3 is 11.9 Å². The molecule has 0 aliphatic carbocycles. The van der Waals surface area contributed by atoms with E-state index in [9.17, 15) is 35.1 Å². The van der Waals surface area contributed by atoms with Crippen molar-refractivity contribution in [2.75, 3.05) is 6.61 Å². The quantitative estimate of drug-likeness (QED) is 0.0829. The fraction of sp³-hybridized carbons (Fsp3) is 0.600. The number of phenols is 2. The van der Waals surface area contributed by atoms with Crippen LogP contribution in [-0.2, 0) is 21.4 Å². The van der Waals surface area contributed by atoms with Crippen molar-refractivity contribution in [1.82, 2.24) is 0 Å². The number of rotatable bonds is 19. The van der Waals surface area contributed by atoms with Crippen molar-refractivity contribution >= 4 is 11.9 Å². The largest absolute Gasteiger partial charge is 0.504 e. The lowest BCUT2D eigenvalue weighted by atomic mass is 9.66. The van der Waals surface area contributed by atoms with Gasteiger partial charge in [-0.25, -0.2) is 0 Å².